The zero-order chi connectivity index (χ0) is 14.4. The van der Waals surface area contributed by atoms with Crippen LogP contribution in [0.5, 0.6) is 0 Å². The van der Waals surface area contributed by atoms with Gasteiger partial charge in [-0.25, -0.2) is 4.98 Å². The fourth-order valence-electron chi connectivity index (χ4n) is 3.04. The third-order valence-corrected chi connectivity index (χ3v) is 4.88. The van der Waals surface area contributed by atoms with E-state index >= 15 is 0 Å². The van der Waals surface area contributed by atoms with Gasteiger partial charge in [-0.2, -0.15) is 0 Å². The number of carbonyl (C=O) groups is 2. The summed E-state index contributed by atoms with van der Waals surface area (Å²) in [6.07, 6.45) is 2.57. The lowest BCUT2D eigenvalue weighted by molar-refractivity contribution is 0.0598. The van der Waals surface area contributed by atoms with Crippen LogP contribution in [0.2, 0.25) is 0 Å². The first-order chi connectivity index (χ1) is 10.3. The molecule has 1 aromatic heterocycles. The van der Waals surface area contributed by atoms with Gasteiger partial charge in [-0.15, -0.1) is 11.3 Å². The van der Waals surface area contributed by atoms with Gasteiger partial charge >= 0.3 is 0 Å². The molecule has 0 N–H and O–H groups in total. The summed E-state index contributed by atoms with van der Waals surface area (Å²) in [5.74, 6) is -0.330. The lowest BCUT2D eigenvalue weighted by Gasteiger charge is -2.22. The van der Waals surface area contributed by atoms with E-state index in [-0.39, 0.29) is 17.9 Å². The van der Waals surface area contributed by atoms with E-state index in [4.69, 9.17) is 0 Å². The Bertz CT molecular complexity index is 678. The predicted molar refractivity (Wildman–Crippen MR) is 79.7 cm³/mol. The Kier molecular flexibility index (Phi) is 2.78. The number of benzene rings is 1. The molecule has 3 heterocycles. The molecule has 0 aliphatic carbocycles. The molecule has 0 unspecified atom stereocenters. The van der Waals surface area contributed by atoms with Crippen LogP contribution in [0, 0.1) is 0 Å². The second kappa shape index (κ2) is 4.66. The number of hydrogen-bond acceptors (Lipinski definition) is 5. The number of amides is 2. The van der Waals surface area contributed by atoms with Crippen LogP contribution in [0.4, 0.5) is 5.13 Å². The highest BCUT2D eigenvalue weighted by Crippen LogP contribution is 2.30. The SMILES string of the molecule is O=C1c2ccccc2C(=O)N1[C@@H]1CCN(c2nccs2)C1. The number of thiazole rings is 1. The smallest absolute Gasteiger partial charge is 0.261 e. The minimum absolute atomic E-state index is 0.0682. The van der Waals surface area contributed by atoms with E-state index < -0.39 is 0 Å². The Balaban J connectivity index is 1.59. The molecule has 1 atom stereocenters. The van der Waals surface area contributed by atoms with Gasteiger partial charge in [0.05, 0.1) is 17.2 Å². The van der Waals surface area contributed by atoms with E-state index in [1.165, 1.54) is 4.90 Å². The van der Waals surface area contributed by atoms with E-state index in [2.05, 4.69) is 9.88 Å². The average Bonchev–Trinajstić information content (AvgIpc) is 3.21. The summed E-state index contributed by atoms with van der Waals surface area (Å²) in [6.45, 7) is 1.49. The Morgan fingerprint density at radius 1 is 1.14 bits per heavy atom. The van der Waals surface area contributed by atoms with Crippen molar-refractivity contribution < 1.29 is 9.59 Å². The average molecular weight is 299 g/mol. The van der Waals surface area contributed by atoms with E-state index in [1.54, 1.807) is 41.8 Å². The number of aromatic nitrogens is 1. The van der Waals surface area contributed by atoms with Gasteiger partial charge in [0.15, 0.2) is 5.13 Å². The summed E-state index contributed by atoms with van der Waals surface area (Å²) in [4.78, 5) is 32.8. The van der Waals surface area contributed by atoms with Crippen molar-refractivity contribution >= 4 is 28.3 Å². The summed E-state index contributed by atoms with van der Waals surface area (Å²) in [5.41, 5.74) is 1.05. The zero-order valence-electron chi connectivity index (χ0n) is 11.2. The van der Waals surface area contributed by atoms with Gasteiger partial charge in [0.1, 0.15) is 0 Å². The molecular weight excluding hydrogens is 286 g/mol. The summed E-state index contributed by atoms with van der Waals surface area (Å²) in [7, 11) is 0. The number of anilines is 1. The van der Waals surface area contributed by atoms with Crippen molar-refractivity contribution in [3.63, 3.8) is 0 Å². The fourth-order valence-corrected chi connectivity index (χ4v) is 3.72. The summed E-state index contributed by atoms with van der Waals surface area (Å²) < 4.78 is 0. The lowest BCUT2D eigenvalue weighted by Crippen LogP contribution is -2.41. The van der Waals surface area contributed by atoms with Crippen LogP contribution in [0.15, 0.2) is 35.8 Å². The molecule has 2 aliphatic rings. The molecular formula is C15H13N3O2S. The first-order valence-electron chi connectivity index (χ1n) is 6.87. The van der Waals surface area contributed by atoms with E-state index in [1.807, 2.05) is 5.38 Å². The molecule has 1 saturated heterocycles. The third kappa shape index (κ3) is 1.86. The molecule has 2 aliphatic heterocycles. The Morgan fingerprint density at radius 2 is 1.86 bits per heavy atom. The first kappa shape index (κ1) is 12.5. The second-order valence-electron chi connectivity index (χ2n) is 5.23. The molecule has 1 aromatic carbocycles. The predicted octanol–water partition coefficient (Wildman–Crippen LogP) is 2.02. The number of nitrogens with zero attached hydrogens (tertiary/aromatic N) is 3. The Morgan fingerprint density at radius 3 is 2.48 bits per heavy atom. The van der Waals surface area contributed by atoms with Crippen LogP contribution < -0.4 is 4.90 Å². The van der Waals surface area contributed by atoms with Crippen LogP contribution >= 0.6 is 11.3 Å². The molecule has 0 bridgehead atoms. The molecule has 4 rings (SSSR count). The molecule has 0 radical (unpaired) electrons. The molecule has 106 valence electrons. The maximum Gasteiger partial charge on any atom is 0.261 e. The van der Waals surface area contributed by atoms with Crippen molar-refractivity contribution in [1.82, 2.24) is 9.88 Å². The van der Waals surface area contributed by atoms with Crippen LogP contribution in [0.1, 0.15) is 27.1 Å². The second-order valence-corrected chi connectivity index (χ2v) is 6.10. The summed E-state index contributed by atoms with van der Waals surface area (Å²) in [5, 5.41) is 2.89. The number of rotatable bonds is 2. The highest BCUT2D eigenvalue weighted by molar-refractivity contribution is 7.13. The summed E-state index contributed by atoms with van der Waals surface area (Å²) in [6, 6.07) is 6.97. The van der Waals surface area contributed by atoms with Gasteiger partial charge < -0.3 is 4.90 Å². The minimum atomic E-state index is -0.165. The number of fused-ring (bicyclic) bond motifs is 1. The van der Waals surface area contributed by atoms with Crippen molar-refractivity contribution in [3.05, 3.63) is 47.0 Å². The maximum atomic E-state index is 12.5. The third-order valence-electron chi connectivity index (χ3n) is 4.04. The van der Waals surface area contributed by atoms with Gasteiger partial charge in [0, 0.05) is 24.7 Å². The van der Waals surface area contributed by atoms with Gasteiger partial charge in [-0.05, 0) is 18.6 Å². The van der Waals surface area contributed by atoms with Crippen LogP contribution in [-0.2, 0) is 0 Å². The largest absolute Gasteiger partial charge is 0.346 e. The summed E-state index contributed by atoms with van der Waals surface area (Å²) >= 11 is 1.58. The van der Waals surface area contributed by atoms with E-state index in [9.17, 15) is 9.59 Å². The molecule has 21 heavy (non-hydrogen) atoms. The highest BCUT2D eigenvalue weighted by Gasteiger charge is 2.42. The quantitative estimate of drug-likeness (QED) is 0.796. The van der Waals surface area contributed by atoms with Crippen molar-refractivity contribution in [1.29, 1.82) is 0 Å². The molecule has 1 fully saturated rings. The molecule has 2 aromatic rings. The van der Waals surface area contributed by atoms with Crippen molar-refractivity contribution in [2.75, 3.05) is 18.0 Å². The normalized spacial score (nSPS) is 21.2. The van der Waals surface area contributed by atoms with Crippen LogP contribution in [0.3, 0.4) is 0 Å². The Hall–Kier alpha value is -2.21. The molecule has 6 heteroatoms. The lowest BCUT2D eigenvalue weighted by atomic mass is 10.1. The van der Waals surface area contributed by atoms with Gasteiger partial charge in [0.2, 0.25) is 0 Å². The molecule has 5 nitrogen and oxygen atoms in total. The fraction of sp³-hybridized carbons (Fsp3) is 0.267. The minimum Gasteiger partial charge on any atom is -0.346 e. The van der Waals surface area contributed by atoms with Crippen molar-refractivity contribution in [3.8, 4) is 0 Å². The number of imide groups is 1. The van der Waals surface area contributed by atoms with Gasteiger partial charge in [0.25, 0.3) is 11.8 Å². The van der Waals surface area contributed by atoms with Crippen LogP contribution in [0.25, 0.3) is 0 Å². The first-order valence-corrected chi connectivity index (χ1v) is 7.75. The molecule has 0 spiro atoms. The zero-order valence-corrected chi connectivity index (χ0v) is 12.0. The maximum absolute atomic E-state index is 12.5. The van der Waals surface area contributed by atoms with Gasteiger partial charge in [-0.3, -0.25) is 14.5 Å². The van der Waals surface area contributed by atoms with Crippen LogP contribution in [-0.4, -0.2) is 40.8 Å². The standard InChI is InChI=1S/C15H13N3O2S/c19-13-11-3-1-2-4-12(11)14(20)18(13)10-5-7-17(9-10)15-16-6-8-21-15/h1-4,6,8,10H,5,7,9H2/t10-/m1/s1. The molecule has 0 saturated carbocycles. The Labute approximate surface area is 125 Å². The van der Waals surface area contributed by atoms with Crippen molar-refractivity contribution in [2.45, 2.75) is 12.5 Å². The number of hydrogen-bond donors (Lipinski definition) is 0. The number of carbonyl (C=O) groups excluding carboxylic acids is 2. The topological polar surface area (TPSA) is 53.5 Å². The van der Waals surface area contributed by atoms with Crippen molar-refractivity contribution in [2.24, 2.45) is 0 Å². The monoisotopic (exact) mass is 299 g/mol. The highest BCUT2D eigenvalue weighted by atomic mass is 32.1. The van der Waals surface area contributed by atoms with E-state index in [0.29, 0.717) is 17.7 Å². The van der Waals surface area contributed by atoms with Gasteiger partial charge in [-0.1, -0.05) is 12.1 Å². The van der Waals surface area contributed by atoms with E-state index in [0.717, 1.165) is 18.1 Å². The molecule has 2 amide bonds.